The number of methoxy groups -OCH3 is 1. The molecule has 0 saturated carbocycles. The molecular formula is C12H12ClF3O3. The summed E-state index contributed by atoms with van der Waals surface area (Å²) in [5.41, 5.74) is -2.54. The lowest BCUT2D eigenvalue weighted by atomic mass is 10.1. The van der Waals surface area contributed by atoms with E-state index >= 15 is 0 Å². The second-order valence-corrected chi connectivity index (χ2v) is 4.37. The maximum absolute atomic E-state index is 12.9. The summed E-state index contributed by atoms with van der Waals surface area (Å²) in [4.78, 5) is 11.3. The summed E-state index contributed by atoms with van der Waals surface area (Å²) < 4.78 is 47.5. The third-order valence-electron chi connectivity index (χ3n) is 2.56. The van der Waals surface area contributed by atoms with Crippen molar-refractivity contribution in [1.29, 1.82) is 0 Å². The van der Waals surface area contributed by atoms with E-state index in [-0.39, 0.29) is 6.61 Å². The number of carbonyl (C=O) groups excluding carboxylic acids is 1. The van der Waals surface area contributed by atoms with Crippen LogP contribution in [0.2, 0.25) is 5.02 Å². The average molecular weight is 297 g/mol. The Labute approximate surface area is 113 Å². The Morgan fingerprint density at radius 1 is 1.26 bits per heavy atom. The first kappa shape index (κ1) is 15.8. The first-order chi connectivity index (χ1) is 8.70. The molecule has 0 aromatic heterocycles. The summed E-state index contributed by atoms with van der Waals surface area (Å²) in [6, 6.07) is 6.06. The summed E-state index contributed by atoms with van der Waals surface area (Å²) in [7, 11) is 0.873. The van der Waals surface area contributed by atoms with Crippen molar-refractivity contribution in [2.45, 2.75) is 25.3 Å². The predicted octanol–water partition coefficient (Wildman–Crippen LogP) is 3.35. The summed E-state index contributed by atoms with van der Waals surface area (Å²) in [5, 5.41) is 0.454. The highest BCUT2D eigenvalue weighted by molar-refractivity contribution is 6.30. The van der Waals surface area contributed by atoms with Crippen LogP contribution in [0.3, 0.4) is 0 Å². The number of hydrogen-bond donors (Lipinski definition) is 0. The van der Waals surface area contributed by atoms with Crippen molar-refractivity contribution < 1.29 is 27.4 Å². The Balaban J connectivity index is 2.85. The first-order valence-electron chi connectivity index (χ1n) is 5.24. The van der Waals surface area contributed by atoms with Gasteiger partial charge in [-0.25, -0.2) is 4.79 Å². The fourth-order valence-corrected chi connectivity index (χ4v) is 1.39. The molecule has 0 heterocycles. The van der Waals surface area contributed by atoms with E-state index in [1.54, 1.807) is 0 Å². The van der Waals surface area contributed by atoms with Crippen LogP contribution in [0.25, 0.3) is 0 Å². The van der Waals surface area contributed by atoms with Gasteiger partial charge in [0, 0.05) is 5.02 Å². The summed E-state index contributed by atoms with van der Waals surface area (Å²) in [5.74, 6) is -1.49. The van der Waals surface area contributed by atoms with Gasteiger partial charge in [0.1, 0.15) is 0 Å². The van der Waals surface area contributed by atoms with Crippen LogP contribution in [0, 0.1) is 0 Å². The van der Waals surface area contributed by atoms with Crippen LogP contribution in [0.1, 0.15) is 12.5 Å². The van der Waals surface area contributed by atoms with Gasteiger partial charge in [-0.15, -0.1) is 0 Å². The number of benzene rings is 1. The number of alkyl halides is 3. The maximum atomic E-state index is 12.9. The molecule has 1 aromatic rings. The summed E-state index contributed by atoms with van der Waals surface area (Å²) in [6.45, 7) is 0.247. The molecule has 3 nitrogen and oxygen atoms in total. The van der Waals surface area contributed by atoms with E-state index < -0.39 is 17.7 Å². The summed E-state index contributed by atoms with van der Waals surface area (Å²) >= 11 is 5.65. The van der Waals surface area contributed by atoms with Crippen LogP contribution in [0.5, 0.6) is 0 Å². The fourth-order valence-electron chi connectivity index (χ4n) is 1.26. The van der Waals surface area contributed by atoms with E-state index in [1.807, 2.05) is 0 Å². The van der Waals surface area contributed by atoms with Crippen LogP contribution in [-0.2, 0) is 20.9 Å². The lowest BCUT2D eigenvalue weighted by molar-refractivity contribution is -0.273. The molecule has 0 amide bonds. The molecule has 0 aliphatic heterocycles. The third-order valence-corrected chi connectivity index (χ3v) is 2.81. The van der Waals surface area contributed by atoms with E-state index in [0.717, 1.165) is 7.11 Å². The lowest BCUT2D eigenvalue weighted by Crippen LogP contribution is -2.52. The van der Waals surface area contributed by atoms with Gasteiger partial charge in [-0.3, -0.25) is 0 Å². The van der Waals surface area contributed by atoms with Gasteiger partial charge in [0.05, 0.1) is 13.7 Å². The van der Waals surface area contributed by atoms with Crippen molar-refractivity contribution in [3.05, 3.63) is 34.9 Å². The van der Waals surface area contributed by atoms with Crippen LogP contribution in [0.15, 0.2) is 24.3 Å². The van der Waals surface area contributed by atoms with Gasteiger partial charge in [-0.05, 0) is 24.6 Å². The highest BCUT2D eigenvalue weighted by atomic mass is 35.5. The highest BCUT2D eigenvalue weighted by Crippen LogP contribution is 2.35. The van der Waals surface area contributed by atoms with E-state index in [0.29, 0.717) is 17.5 Å². The average Bonchev–Trinajstić information content (AvgIpc) is 2.35. The van der Waals surface area contributed by atoms with E-state index in [4.69, 9.17) is 16.3 Å². The highest BCUT2D eigenvalue weighted by Gasteiger charge is 2.59. The Morgan fingerprint density at radius 2 is 1.79 bits per heavy atom. The molecule has 0 fully saturated rings. The van der Waals surface area contributed by atoms with Crippen molar-refractivity contribution in [3.63, 3.8) is 0 Å². The van der Waals surface area contributed by atoms with E-state index in [2.05, 4.69) is 4.74 Å². The van der Waals surface area contributed by atoms with Gasteiger partial charge >= 0.3 is 12.1 Å². The Bertz CT molecular complexity index is 445. The standard InChI is InChI=1S/C12H12ClF3O3/c1-11(10(17)18-2,12(14,15)16)19-7-8-3-5-9(13)6-4-8/h3-6H,7H2,1-2H3. The molecular weight excluding hydrogens is 285 g/mol. The van der Waals surface area contributed by atoms with Crippen LogP contribution in [0.4, 0.5) is 13.2 Å². The zero-order chi connectivity index (χ0) is 14.7. The number of rotatable bonds is 4. The minimum Gasteiger partial charge on any atom is -0.467 e. The molecule has 1 unspecified atom stereocenters. The molecule has 1 aromatic carbocycles. The van der Waals surface area contributed by atoms with Crippen molar-refractivity contribution in [3.8, 4) is 0 Å². The second-order valence-electron chi connectivity index (χ2n) is 3.94. The first-order valence-corrected chi connectivity index (χ1v) is 5.62. The van der Waals surface area contributed by atoms with Gasteiger partial charge in [0.2, 0.25) is 0 Å². The molecule has 0 spiro atoms. The fraction of sp³-hybridized carbons (Fsp3) is 0.417. The van der Waals surface area contributed by atoms with Gasteiger partial charge in [-0.2, -0.15) is 13.2 Å². The lowest BCUT2D eigenvalue weighted by Gasteiger charge is -2.29. The molecule has 0 bridgehead atoms. The van der Waals surface area contributed by atoms with Crippen molar-refractivity contribution in [1.82, 2.24) is 0 Å². The Hall–Kier alpha value is -1.27. The molecule has 0 radical (unpaired) electrons. The minimum absolute atomic E-state index is 0.387. The van der Waals surface area contributed by atoms with Gasteiger partial charge < -0.3 is 9.47 Å². The molecule has 19 heavy (non-hydrogen) atoms. The molecule has 7 heteroatoms. The molecule has 106 valence electrons. The maximum Gasteiger partial charge on any atom is 0.428 e. The summed E-state index contributed by atoms with van der Waals surface area (Å²) in [6.07, 6.45) is -4.87. The molecule has 0 N–H and O–H groups in total. The van der Waals surface area contributed by atoms with Crippen LogP contribution >= 0.6 is 11.6 Å². The monoisotopic (exact) mass is 296 g/mol. The number of ether oxygens (including phenoxy) is 2. The Kier molecular flexibility index (Phi) is 4.81. The van der Waals surface area contributed by atoms with Crippen molar-refractivity contribution in [2.75, 3.05) is 7.11 Å². The van der Waals surface area contributed by atoms with Crippen molar-refractivity contribution >= 4 is 17.6 Å². The van der Waals surface area contributed by atoms with Gasteiger partial charge in [0.15, 0.2) is 0 Å². The second kappa shape index (κ2) is 5.79. The zero-order valence-corrected chi connectivity index (χ0v) is 11.0. The molecule has 0 aliphatic carbocycles. The third kappa shape index (κ3) is 3.61. The number of carbonyl (C=O) groups is 1. The van der Waals surface area contributed by atoms with Gasteiger partial charge in [-0.1, -0.05) is 23.7 Å². The quantitative estimate of drug-likeness (QED) is 0.799. The number of halogens is 4. The SMILES string of the molecule is COC(=O)C(C)(OCc1ccc(Cl)cc1)C(F)(F)F. The number of esters is 1. The molecule has 0 aliphatic rings. The number of hydrogen-bond acceptors (Lipinski definition) is 3. The molecule has 1 atom stereocenters. The van der Waals surface area contributed by atoms with E-state index in [9.17, 15) is 18.0 Å². The smallest absolute Gasteiger partial charge is 0.428 e. The topological polar surface area (TPSA) is 35.5 Å². The largest absolute Gasteiger partial charge is 0.467 e. The van der Waals surface area contributed by atoms with Crippen LogP contribution in [-0.4, -0.2) is 24.9 Å². The normalized spacial score (nSPS) is 14.8. The zero-order valence-electron chi connectivity index (χ0n) is 10.3. The van der Waals surface area contributed by atoms with Crippen LogP contribution < -0.4 is 0 Å². The minimum atomic E-state index is -4.87. The van der Waals surface area contributed by atoms with E-state index in [1.165, 1.54) is 24.3 Å². The molecule has 1 rings (SSSR count). The van der Waals surface area contributed by atoms with Gasteiger partial charge in [0.25, 0.3) is 5.60 Å². The molecule has 0 saturated heterocycles. The Morgan fingerprint density at radius 3 is 2.21 bits per heavy atom. The predicted molar refractivity (Wildman–Crippen MR) is 62.7 cm³/mol. The van der Waals surface area contributed by atoms with Crippen molar-refractivity contribution in [2.24, 2.45) is 0 Å².